The van der Waals surface area contributed by atoms with Gasteiger partial charge in [0, 0.05) is 24.5 Å². The van der Waals surface area contributed by atoms with Gasteiger partial charge in [-0.25, -0.2) is 0 Å². The Labute approximate surface area is 104 Å². The topological polar surface area (TPSA) is 29.3 Å². The van der Waals surface area contributed by atoms with Crippen molar-refractivity contribution < 1.29 is 0 Å². The lowest BCUT2D eigenvalue weighted by Gasteiger charge is -2.28. The maximum Gasteiger partial charge on any atom is 0.0933 e. The van der Waals surface area contributed by atoms with Crippen LogP contribution in [0.25, 0.3) is 0 Å². The number of anilines is 1. The summed E-state index contributed by atoms with van der Waals surface area (Å²) in [6.45, 7) is 7.96. The molecule has 0 radical (unpaired) electrons. The lowest BCUT2D eigenvalue weighted by molar-refractivity contribution is 0.229. The minimum Gasteiger partial charge on any atom is -0.397 e. The molecule has 0 fully saturated rings. The second-order valence-electron chi connectivity index (χ2n) is 4.57. The highest BCUT2D eigenvalue weighted by molar-refractivity contribution is 9.11. The third-order valence-electron chi connectivity index (χ3n) is 2.75. The van der Waals surface area contributed by atoms with E-state index in [1.807, 2.05) is 0 Å². The Hall–Kier alpha value is -0.0600. The van der Waals surface area contributed by atoms with Crippen LogP contribution in [-0.4, -0.2) is 18.0 Å². The molecule has 0 atom stereocenters. The van der Waals surface area contributed by atoms with Crippen LogP contribution in [0.1, 0.15) is 24.3 Å². The number of halogens is 1. The van der Waals surface area contributed by atoms with Crippen LogP contribution in [0.15, 0.2) is 3.79 Å². The van der Waals surface area contributed by atoms with Gasteiger partial charge in [-0.2, -0.15) is 0 Å². The van der Waals surface area contributed by atoms with Crippen molar-refractivity contribution in [3.63, 3.8) is 0 Å². The van der Waals surface area contributed by atoms with Crippen molar-refractivity contribution in [2.75, 3.05) is 18.8 Å². The average Bonchev–Trinajstić information content (AvgIpc) is 2.41. The lowest BCUT2D eigenvalue weighted by atomic mass is 10.1. The molecule has 0 bridgehead atoms. The predicted molar refractivity (Wildman–Crippen MR) is 70.3 cm³/mol. The van der Waals surface area contributed by atoms with Crippen LogP contribution < -0.4 is 5.73 Å². The molecule has 0 amide bonds. The Bertz CT molecular complexity index is 360. The van der Waals surface area contributed by atoms with Gasteiger partial charge in [0.25, 0.3) is 0 Å². The molecular formula is C11H17BrN2S. The Morgan fingerprint density at radius 3 is 2.93 bits per heavy atom. The van der Waals surface area contributed by atoms with Gasteiger partial charge >= 0.3 is 0 Å². The van der Waals surface area contributed by atoms with E-state index in [4.69, 9.17) is 5.73 Å². The van der Waals surface area contributed by atoms with E-state index in [1.165, 1.54) is 17.0 Å². The fourth-order valence-corrected chi connectivity index (χ4v) is 3.98. The number of nitrogens with zero attached hydrogens (tertiary/aromatic N) is 1. The van der Waals surface area contributed by atoms with E-state index < -0.39 is 0 Å². The maximum absolute atomic E-state index is 6.02. The molecule has 1 aromatic heterocycles. The first-order valence-corrected chi connectivity index (χ1v) is 6.96. The van der Waals surface area contributed by atoms with Gasteiger partial charge in [-0.15, -0.1) is 11.3 Å². The summed E-state index contributed by atoms with van der Waals surface area (Å²) in [4.78, 5) is 3.97. The van der Waals surface area contributed by atoms with E-state index in [1.54, 1.807) is 11.3 Å². The molecule has 15 heavy (non-hydrogen) atoms. The Morgan fingerprint density at radius 1 is 1.53 bits per heavy atom. The first-order valence-electron chi connectivity index (χ1n) is 5.35. The summed E-state index contributed by atoms with van der Waals surface area (Å²) >= 11 is 5.32. The molecule has 0 aromatic carbocycles. The van der Waals surface area contributed by atoms with Gasteiger partial charge in [0.2, 0.25) is 0 Å². The van der Waals surface area contributed by atoms with Crippen molar-refractivity contribution in [2.45, 2.75) is 26.8 Å². The number of rotatable bonds is 2. The zero-order valence-electron chi connectivity index (χ0n) is 9.22. The van der Waals surface area contributed by atoms with E-state index in [-0.39, 0.29) is 0 Å². The number of thiophene rings is 1. The second kappa shape index (κ2) is 4.44. The number of fused-ring (bicyclic) bond motifs is 1. The van der Waals surface area contributed by atoms with Crippen molar-refractivity contribution in [3.8, 4) is 0 Å². The molecule has 2 nitrogen and oxygen atoms in total. The first-order chi connectivity index (χ1) is 7.08. The summed E-state index contributed by atoms with van der Waals surface area (Å²) < 4.78 is 1.11. The Balaban J connectivity index is 2.13. The van der Waals surface area contributed by atoms with Gasteiger partial charge in [0.15, 0.2) is 0 Å². The monoisotopic (exact) mass is 288 g/mol. The largest absolute Gasteiger partial charge is 0.397 e. The zero-order valence-corrected chi connectivity index (χ0v) is 11.6. The molecule has 4 heteroatoms. The van der Waals surface area contributed by atoms with Crippen molar-refractivity contribution in [3.05, 3.63) is 14.2 Å². The van der Waals surface area contributed by atoms with Crippen LogP contribution >= 0.6 is 27.3 Å². The molecule has 0 saturated heterocycles. The molecule has 0 spiro atoms. The summed E-state index contributed by atoms with van der Waals surface area (Å²) in [5, 5.41) is 0. The normalized spacial score (nSPS) is 17.1. The highest BCUT2D eigenvalue weighted by atomic mass is 79.9. The number of nitrogens with two attached hydrogens (primary N) is 1. The third kappa shape index (κ3) is 2.37. The van der Waals surface area contributed by atoms with Gasteiger partial charge < -0.3 is 5.73 Å². The van der Waals surface area contributed by atoms with E-state index in [9.17, 15) is 0 Å². The van der Waals surface area contributed by atoms with Crippen molar-refractivity contribution >= 4 is 33.0 Å². The zero-order chi connectivity index (χ0) is 11.0. The molecule has 2 N–H and O–H groups in total. The van der Waals surface area contributed by atoms with Crippen LogP contribution in [0.2, 0.25) is 0 Å². The molecule has 0 aliphatic carbocycles. The number of hydrogen-bond acceptors (Lipinski definition) is 3. The molecule has 0 unspecified atom stereocenters. The SMILES string of the molecule is CC(C)CN1CCc2c(sc(Br)c2N)C1. The number of hydrogen-bond donors (Lipinski definition) is 1. The second-order valence-corrected chi connectivity index (χ2v) is 6.99. The van der Waals surface area contributed by atoms with Crippen LogP contribution in [0.3, 0.4) is 0 Å². The van der Waals surface area contributed by atoms with Crippen LogP contribution in [-0.2, 0) is 13.0 Å². The van der Waals surface area contributed by atoms with Crippen LogP contribution in [0.4, 0.5) is 5.69 Å². The van der Waals surface area contributed by atoms with Gasteiger partial charge in [0.05, 0.1) is 9.47 Å². The number of nitrogen functional groups attached to an aromatic ring is 1. The maximum atomic E-state index is 6.02. The summed E-state index contributed by atoms with van der Waals surface area (Å²) in [7, 11) is 0. The van der Waals surface area contributed by atoms with Gasteiger partial charge in [-0.05, 0) is 33.8 Å². The molecule has 1 aliphatic heterocycles. The van der Waals surface area contributed by atoms with E-state index in [0.29, 0.717) is 0 Å². The molecular weight excluding hydrogens is 272 g/mol. The molecule has 0 saturated carbocycles. The first kappa shape index (κ1) is 11.4. The third-order valence-corrected chi connectivity index (χ3v) is 4.69. The minimum absolute atomic E-state index is 0.743. The van der Waals surface area contributed by atoms with Crippen LogP contribution in [0, 0.1) is 5.92 Å². The molecule has 2 rings (SSSR count). The summed E-state index contributed by atoms with van der Waals surface area (Å²) in [5.74, 6) is 0.743. The van der Waals surface area contributed by atoms with Gasteiger partial charge in [0.1, 0.15) is 0 Å². The highest BCUT2D eigenvalue weighted by Crippen LogP contribution is 2.38. The standard InChI is InChI=1S/C11H17BrN2S/c1-7(2)5-14-4-3-8-9(6-14)15-11(12)10(8)13/h7H,3-6,13H2,1-2H3. The summed E-state index contributed by atoms with van der Waals surface area (Å²) in [6, 6.07) is 0. The van der Waals surface area contributed by atoms with Crippen LogP contribution in [0.5, 0.6) is 0 Å². The minimum atomic E-state index is 0.743. The van der Waals surface area contributed by atoms with Crippen molar-refractivity contribution in [1.29, 1.82) is 0 Å². The van der Waals surface area contributed by atoms with Crippen molar-refractivity contribution in [1.82, 2.24) is 4.90 Å². The molecule has 84 valence electrons. The Kier molecular flexibility index (Phi) is 3.38. The van der Waals surface area contributed by atoms with Crippen molar-refractivity contribution in [2.24, 2.45) is 5.92 Å². The van der Waals surface area contributed by atoms with Gasteiger partial charge in [-0.3, -0.25) is 4.90 Å². The molecule has 1 aliphatic rings. The van der Waals surface area contributed by atoms with E-state index in [2.05, 4.69) is 34.7 Å². The Morgan fingerprint density at radius 2 is 2.27 bits per heavy atom. The fourth-order valence-electron chi connectivity index (χ4n) is 2.12. The molecule has 2 heterocycles. The summed E-state index contributed by atoms with van der Waals surface area (Å²) in [5.41, 5.74) is 8.37. The predicted octanol–water partition coefficient (Wildman–Crippen LogP) is 3.11. The molecule has 1 aromatic rings. The summed E-state index contributed by atoms with van der Waals surface area (Å²) in [6.07, 6.45) is 1.11. The lowest BCUT2D eigenvalue weighted by Crippen LogP contribution is -2.32. The highest BCUT2D eigenvalue weighted by Gasteiger charge is 2.22. The smallest absolute Gasteiger partial charge is 0.0933 e. The average molecular weight is 289 g/mol. The quantitative estimate of drug-likeness (QED) is 0.906. The van der Waals surface area contributed by atoms with E-state index >= 15 is 0 Å². The van der Waals surface area contributed by atoms with E-state index in [0.717, 1.165) is 34.9 Å². The fraction of sp³-hybridized carbons (Fsp3) is 0.636. The van der Waals surface area contributed by atoms with Gasteiger partial charge in [-0.1, -0.05) is 13.8 Å².